The van der Waals surface area contributed by atoms with Gasteiger partial charge >= 0.3 is 0 Å². The van der Waals surface area contributed by atoms with Crippen molar-refractivity contribution in [2.75, 3.05) is 0 Å². The van der Waals surface area contributed by atoms with Gasteiger partial charge in [-0.15, -0.1) is 0 Å². The zero-order valence-electron chi connectivity index (χ0n) is 34.0. The molecular weight excluding hydrogens is 769 g/mol. The van der Waals surface area contributed by atoms with E-state index in [0.717, 1.165) is 116 Å². The quantitative estimate of drug-likeness (QED) is 0.168. The van der Waals surface area contributed by atoms with E-state index in [-0.39, 0.29) is 0 Å². The zero-order valence-corrected chi connectivity index (χ0v) is 34.0. The minimum absolute atomic E-state index is 0.669. The Morgan fingerprint density at radius 1 is 0.365 bits per heavy atom. The molecule has 4 aromatic heterocycles. The van der Waals surface area contributed by atoms with Crippen LogP contribution in [-0.4, -0.2) is 19.1 Å². The van der Waals surface area contributed by atoms with Crippen LogP contribution < -0.4 is 0 Å². The van der Waals surface area contributed by atoms with Gasteiger partial charge in [-0.2, -0.15) is 0 Å². The van der Waals surface area contributed by atoms with E-state index in [0.29, 0.717) is 5.82 Å². The van der Waals surface area contributed by atoms with Gasteiger partial charge in [0.1, 0.15) is 5.58 Å². The van der Waals surface area contributed by atoms with Crippen molar-refractivity contribution in [2.45, 2.75) is 0 Å². The Morgan fingerprint density at radius 3 is 1.67 bits per heavy atom. The summed E-state index contributed by atoms with van der Waals surface area (Å²) in [5.41, 5.74) is 15.3. The van der Waals surface area contributed by atoms with Gasteiger partial charge in [0.15, 0.2) is 11.4 Å². The molecule has 0 fully saturated rings. The molecule has 5 nitrogen and oxygen atoms in total. The summed E-state index contributed by atoms with van der Waals surface area (Å²) in [4.78, 5) is 10.8. The Labute approximate surface area is 362 Å². The van der Waals surface area contributed by atoms with E-state index in [1.807, 2.05) is 24.3 Å². The molecule has 0 atom stereocenters. The van der Waals surface area contributed by atoms with Crippen LogP contribution in [0.15, 0.2) is 223 Å². The van der Waals surface area contributed by atoms with Crippen LogP contribution in [0.3, 0.4) is 0 Å². The molecule has 63 heavy (non-hydrogen) atoms. The topological polar surface area (TPSA) is 48.8 Å². The van der Waals surface area contributed by atoms with E-state index >= 15 is 0 Å². The number of nitrogens with zero attached hydrogens (tertiary/aromatic N) is 4. The Kier molecular flexibility index (Phi) is 7.84. The molecule has 0 saturated heterocycles. The summed E-state index contributed by atoms with van der Waals surface area (Å²) < 4.78 is 11.4. The predicted molar refractivity (Wildman–Crippen MR) is 260 cm³/mol. The summed E-state index contributed by atoms with van der Waals surface area (Å²) in [5.74, 6) is 0.669. The zero-order chi connectivity index (χ0) is 41.4. The minimum atomic E-state index is 0.669. The van der Waals surface area contributed by atoms with Crippen LogP contribution >= 0.6 is 0 Å². The monoisotopic (exact) mass is 804 g/mol. The van der Waals surface area contributed by atoms with Crippen LogP contribution in [0.1, 0.15) is 0 Å². The molecule has 13 rings (SSSR count). The van der Waals surface area contributed by atoms with E-state index in [1.165, 1.54) is 0 Å². The molecule has 5 heteroatoms. The maximum absolute atomic E-state index is 6.64. The highest BCUT2D eigenvalue weighted by atomic mass is 16.3. The highest BCUT2D eigenvalue weighted by Crippen LogP contribution is 2.46. The van der Waals surface area contributed by atoms with Crippen molar-refractivity contribution in [2.24, 2.45) is 0 Å². The van der Waals surface area contributed by atoms with Crippen molar-refractivity contribution in [3.8, 4) is 56.4 Å². The number of fused-ring (bicyclic) bond motifs is 9. The molecule has 9 aromatic carbocycles. The second-order valence-corrected chi connectivity index (χ2v) is 16.1. The Hall–Kier alpha value is -8.54. The summed E-state index contributed by atoms with van der Waals surface area (Å²) in [7, 11) is 0. The predicted octanol–water partition coefficient (Wildman–Crippen LogP) is 15.2. The summed E-state index contributed by atoms with van der Waals surface area (Å²) in [6.07, 6.45) is 0. The molecule has 0 radical (unpaired) electrons. The average molecular weight is 805 g/mol. The number of para-hydroxylation sites is 5. The van der Waals surface area contributed by atoms with Gasteiger partial charge in [0, 0.05) is 60.3 Å². The summed E-state index contributed by atoms with van der Waals surface area (Å²) in [6.45, 7) is 0. The van der Waals surface area contributed by atoms with Crippen LogP contribution in [0.25, 0.3) is 122 Å². The van der Waals surface area contributed by atoms with Crippen LogP contribution in [0.5, 0.6) is 0 Å². The van der Waals surface area contributed by atoms with E-state index in [1.54, 1.807) is 0 Å². The number of aromatic nitrogens is 4. The molecule has 0 saturated carbocycles. The van der Waals surface area contributed by atoms with E-state index in [9.17, 15) is 0 Å². The highest BCUT2D eigenvalue weighted by molar-refractivity contribution is 6.20. The molecule has 0 amide bonds. The first kappa shape index (κ1) is 35.2. The van der Waals surface area contributed by atoms with Gasteiger partial charge in [-0.05, 0) is 72.3 Å². The van der Waals surface area contributed by atoms with Gasteiger partial charge < -0.3 is 13.6 Å². The van der Waals surface area contributed by atoms with Crippen molar-refractivity contribution in [3.63, 3.8) is 0 Å². The molecule has 4 heterocycles. The van der Waals surface area contributed by atoms with Crippen molar-refractivity contribution in [1.29, 1.82) is 0 Å². The molecule has 0 aliphatic carbocycles. The minimum Gasteiger partial charge on any atom is -0.454 e. The average Bonchev–Trinajstić information content (AvgIpc) is 4.02. The molecule has 0 bridgehead atoms. The van der Waals surface area contributed by atoms with Gasteiger partial charge in [0.05, 0.1) is 39.1 Å². The van der Waals surface area contributed by atoms with Crippen LogP contribution in [-0.2, 0) is 0 Å². The lowest BCUT2D eigenvalue weighted by Gasteiger charge is -2.15. The molecule has 0 N–H and O–H groups in total. The van der Waals surface area contributed by atoms with Crippen molar-refractivity contribution in [1.82, 2.24) is 19.1 Å². The standard InChI is InChI=1S/C58H36N4O/c1-4-17-37(18-5-1)47-36-48(38-19-6-2-7-20-38)60-58(59-47)45-32-34-52-56(44-25-11-14-28-50(44)61(52)40-21-8-3-9-22-40)55(45)39-31-33-51-46(35-39)41-23-10-13-27-49(41)62(51)53-29-16-26-43-42-24-12-15-30-54(42)63-57(43)53/h1-36H. The van der Waals surface area contributed by atoms with Crippen LogP contribution in [0.4, 0.5) is 0 Å². The maximum Gasteiger partial charge on any atom is 0.161 e. The third kappa shape index (κ3) is 5.50. The van der Waals surface area contributed by atoms with Crippen molar-refractivity contribution in [3.05, 3.63) is 218 Å². The SMILES string of the molecule is c1ccc(-c2cc(-c3ccccc3)nc(-c3ccc4c(c3-c3ccc5c(c3)c3ccccc3n5-c3cccc5c3oc3ccccc35)c3ccccc3n4-c3ccccc3)n2)cc1. The second-order valence-electron chi connectivity index (χ2n) is 16.1. The molecular formula is C58H36N4O. The van der Waals surface area contributed by atoms with Gasteiger partial charge in [0.25, 0.3) is 0 Å². The van der Waals surface area contributed by atoms with Gasteiger partial charge in [-0.1, -0.05) is 152 Å². The maximum atomic E-state index is 6.64. The largest absolute Gasteiger partial charge is 0.454 e. The molecule has 0 spiro atoms. The lowest BCUT2D eigenvalue weighted by Crippen LogP contribution is -1.99. The summed E-state index contributed by atoms with van der Waals surface area (Å²) in [5, 5.41) is 6.84. The second kappa shape index (κ2) is 14.0. The first-order chi connectivity index (χ1) is 31.3. The number of rotatable bonds is 6. The fraction of sp³-hybridized carbons (Fsp3) is 0. The molecule has 0 aliphatic heterocycles. The molecule has 0 unspecified atom stereocenters. The normalized spacial score (nSPS) is 11.8. The van der Waals surface area contributed by atoms with Crippen LogP contribution in [0.2, 0.25) is 0 Å². The van der Waals surface area contributed by atoms with E-state index < -0.39 is 0 Å². The van der Waals surface area contributed by atoms with Gasteiger partial charge in [-0.3, -0.25) is 0 Å². The molecule has 0 aliphatic rings. The Morgan fingerprint density at radius 2 is 0.937 bits per heavy atom. The first-order valence-corrected chi connectivity index (χ1v) is 21.3. The third-order valence-electron chi connectivity index (χ3n) is 12.5. The number of benzene rings is 9. The highest BCUT2D eigenvalue weighted by Gasteiger charge is 2.24. The van der Waals surface area contributed by atoms with E-state index in [2.05, 4.69) is 203 Å². The third-order valence-corrected chi connectivity index (χ3v) is 12.5. The van der Waals surface area contributed by atoms with Crippen LogP contribution in [0, 0.1) is 0 Å². The molecule has 294 valence electrons. The summed E-state index contributed by atoms with van der Waals surface area (Å²) in [6, 6.07) is 77.2. The van der Waals surface area contributed by atoms with Gasteiger partial charge in [-0.25, -0.2) is 9.97 Å². The Balaban J connectivity index is 1.13. The fourth-order valence-electron chi connectivity index (χ4n) is 9.78. The lowest BCUT2D eigenvalue weighted by molar-refractivity contribution is 0.666. The molecule has 13 aromatic rings. The number of furan rings is 1. The van der Waals surface area contributed by atoms with Gasteiger partial charge in [0.2, 0.25) is 0 Å². The Bertz CT molecular complexity index is 3840. The van der Waals surface area contributed by atoms with E-state index in [4.69, 9.17) is 14.4 Å². The number of hydrogen-bond acceptors (Lipinski definition) is 3. The fourth-order valence-corrected chi connectivity index (χ4v) is 9.78. The lowest BCUT2D eigenvalue weighted by atomic mass is 9.92. The van der Waals surface area contributed by atoms with Crippen molar-refractivity contribution >= 4 is 65.6 Å². The van der Waals surface area contributed by atoms with Crippen molar-refractivity contribution < 1.29 is 4.42 Å². The smallest absolute Gasteiger partial charge is 0.161 e. The first-order valence-electron chi connectivity index (χ1n) is 21.3. The number of hydrogen-bond donors (Lipinski definition) is 0. The summed E-state index contributed by atoms with van der Waals surface area (Å²) >= 11 is 0.